The highest BCUT2D eigenvalue weighted by Gasteiger charge is 2.05. The van der Waals surface area contributed by atoms with Crippen LogP contribution in [0.3, 0.4) is 0 Å². The summed E-state index contributed by atoms with van der Waals surface area (Å²) in [5.74, 6) is 0.0779. The molecule has 0 heterocycles. The highest BCUT2D eigenvalue weighted by molar-refractivity contribution is 5.98. The van der Waals surface area contributed by atoms with Gasteiger partial charge >= 0.3 is 0 Å². The fourth-order valence-electron chi connectivity index (χ4n) is 1.84. The zero-order valence-corrected chi connectivity index (χ0v) is 10.9. The first-order valence-corrected chi connectivity index (χ1v) is 6.25. The third-order valence-electron chi connectivity index (χ3n) is 2.82. The van der Waals surface area contributed by atoms with E-state index >= 15 is 0 Å². The van der Waals surface area contributed by atoms with Crippen molar-refractivity contribution in [1.82, 2.24) is 5.32 Å². The third kappa shape index (κ3) is 3.38. The number of allylic oxidation sites excluding steroid dienone is 2. The molecule has 2 rings (SSSR count). The van der Waals surface area contributed by atoms with Crippen molar-refractivity contribution in [2.75, 3.05) is 6.54 Å². The van der Waals surface area contributed by atoms with E-state index in [-0.39, 0.29) is 11.7 Å². The Kier molecular flexibility index (Phi) is 4.39. The molecule has 0 aromatic heterocycles. The molecule has 2 aromatic rings. The van der Waals surface area contributed by atoms with Gasteiger partial charge in [0, 0.05) is 12.1 Å². The molecule has 1 amide bonds. The number of hydrogen-bond donors (Lipinski definition) is 3. The predicted molar refractivity (Wildman–Crippen MR) is 80.4 cm³/mol. The van der Waals surface area contributed by atoms with E-state index in [0.717, 1.165) is 10.8 Å². The molecule has 4 N–H and O–H groups in total. The van der Waals surface area contributed by atoms with Gasteiger partial charge in [-0.2, -0.15) is 0 Å². The Morgan fingerprint density at radius 3 is 2.70 bits per heavy atom. The molecule has 0 unspecified atom stereocenters. The summed E-state index contributed by atoms with van der Waals surface area (Å²) in [6.07, 6.45) is 6.69. The number of phenolic OH excluding ortho intramolecular Hbond substituents is 1. The largest absolute Gasteiger partial charge is 0.508 e. The average Bonchev–Trinajstić information content (AvgIpc) is 2.46. The highest BCUT2D eigenvalue weighted by atomic mass is 16.3. The first kappa shape index (κ1) is 13.7. The minimum atomic E-state index is -0.138. The summed E-state index contributed by atoms with van der Waals surface area (Å²) < 4.78 is 0. The van der Waals surface area contributed by atoms with Gasteiger partial charge in [0.15, 0.2) is 0 Å². The second-order valence-corrected chi connectivity index (χ2v) is 4.27. The molecule has 0 bridgehead atoms. The van der Waals surface area contributed by atoms with Crippen LogP contribution in [0.25, 0.3) is 10.8 Å². The monoisotopic (exact) mass is 268 g/mol. The number of amides is 1. The molecule has 0 saturated heterocycles. The Morgan fingerprint density at radius 1 is 1.15 bits per heavy atom. The van der Waals surface area contributed by atoms with Gasteiger partial charge in [-0.3, -0.25) is 4.79 Å². The van der Waals surface area contributed by atoms with E-state index in [1.54, 1.807) is 48.6 Å². The summed E-state index contributed by atoms with van der Waals surface area (Å²) in [6.45, 7) is 0.441. The van der Waals surface area contributed by atoms with E-state index in [2.05, 4.69) is 5.32 Å². The van der Waals surface area contributed by atoms with Crippen LogP contribution in [0.5, 0.6) is 5.75 Å². The van der Waals surface area contributed by atoms with E-state index in [1.165, 1.54) is 6.20 Å². The van der Waals surface area contributed by atoms with Crippen LogP contribution in [0.4, 0.5) is 0 Å². The molecule has 102 valence electrons. The second kappa shape index (κ2) is 6.43. The fraction of sp³-hybridized carbons (Fsp3) is 0.0625. The van der Waals surface area contributed by atoms with Crippen molar-refractivity contribution < 1.29 is 9.90 Å². The zero-order valence-electron chi connectivity index (χ0n) is 10.9. The smallest absolute Gasteiger partial charge is 0.251 e. The second-order valence-electron chi connectivity index (χ2n) is 4.27. The van der Waals surface area contributed by atoms with Gasteiger partial charge in [-0.25, -0.2) is 0 Å². The first-order chi connectivity index (χ1) is 9.70. The molecule has 0 aliphatic carbocycles. The lowest BCUT2D eigenvalue weighted by Gasteiger charge is -2.04. The van der Waals surface area contributed by atoms with Gasteiger partial charge in [-0.1, -0.05) is 24.3 Å². The molecule has 0 saturated carbocycles. The Morgan fingerprint density at radius 2 is 1.90 bits per heavy atom. The van der Waals surface area contributed by atoms with Crippen molar-refractivity contribution in [1.29, 1.82) is 0 Å². The Bertz CT molecular complexity index is 675. The number of hydrogen-bond acceptors (Lipinski definition) is 3. The van der Waals surface area contributed by atoms with E-state index < -0.39 is 0 Å². The summed E-state index contributed by atoms with van der Waals surface area (Å²) in [6, 6.07) is 10.4. The van der Waals surface area contributed by atoms with Crippen LogP contribution in [0, 0.1) is 0 Å². The number of benzene rings is 2. The summed E-state index contributed by atoms with van der Waals surface area (Å²) >= 11 is 0. The summed E-state index contributed by atoms with van der Waals surface area (Å²) in [5, 5.41) is 14.0. The van der Waals surface area contributed by atoms with Gasteiger partial charge in [0.2, 0.25) is 0 Å². The molecule has 4 nitrogen and oxygen atoms in total. The van der Waals surface area contributed by atoms with Crippen LogP contribution in [-0.4, -0.2) is 17.6 Å². The predicted octanol–water partition coefficient (Wildman–Crippen LogP) is 2.30. The van der Waals surface area contributed by atoms with Crippen LogP contribution >= 0.6 is 0 Å². The van der Waals surface area contributed by atoms with Gasteiger partial charge in [0.25, 0.3) is 5.91 Å². The minimum Gasteiger partial charge on any atom is -0.508 e. The number of carbonyl (C=O) groups excluding carboxylic acids is 1. The maximum absolute atomic E-state index is 12.0. The maximum atomic E-state index is 12.0. The lowest BCUT2D eigenvalue weighted by atomic mass is 10.1. The molecular formula is C16H16N2O2. The molecule has 0 radical (unpaired) electrons. The van der Waals surface area contributed by atoms with E-state index in [9.17, 15) is 9.90 Å². The van der Waals surface area contributed by atoms with Crippen molar-refractivity contribution in [3.05, 3.63) is 66.4 Å². The Balaban J connectivity index is 2.08. The standard InChI is InChI=1S/C16H16N2O2/c17-8-2-1-3-9-18-16(20)14-5-4-13-11-15(19)7-6-12(13)10-14/h1-8,10-11,19H,9,17H2,(H,18,20)/b3-1-,8-2-. The number of nitrogens with two attached hydrogens (primary N) is 1. The highest BCUT2D eigenvalue weighted by Crippen LogP contribution is 2.20. The minimum absolute atomic E-state index is 0.138. The van der Waals surface area contributed by atoms with Crippen LogP contribution in [0.2, 0.25) is 0 Å². The molecule has 0 aliphatic rings. The molecular weight excluding hydrogens is 252 g/mol. The molecule has 0 spiro atoms. The SMILES string of the molecule is N/C=C\C=C/CNC(=O)c1ccc2cc(O)ccc2c1. The topological polar surface area (TPSA) is 75.3 Å². The van der Waals surface area contributed by atoms with E-state index in [4.69, 9.17) is 5.73 Å². The van der Waals surface area contributed by atoms with Crippen LogP contribution < -0.4 is 11.1 Å². The van der Waals surface area contributed by atoms with Crippen LogP contribution in [0.15, 0.2) is 60.8 Å². The quantitative estimate of drug-likeness (QED) is 0.745. The van der Waals surface area contributed by atoms with Crippen molar-refractivity contribution in [2.45, 2.75) is 0 Å². The zero-order chi connectivity index (χ0) is 14.4. The number of fused-ring (bicyclic) bond motifs is 1. The number of carbonyl (C=O) groups is 1. The summed E-state index contributed by atoms with van der Waals surface area (Å²) in [4.78, 5) is 12.0. The molecule has 4 heteroatoms. The van der Waals surface area contributed by atoms with Gasteiger partial charge in [-0.05, 0) is 47.3 Å². The lowest BCUT2D eigenvalue weighted by molar-refractivity contribution is 0.0958. The van der Waals surface area contributed by atoms with Crippen molar-refractivity contribution in [2.24, 2.45) is 5.73 Å². The molecule has 2 aromatic carbocycles. The van der Waals surface area contributed by atoms with Crippen LogP contribution in [0.1, 0.15) is 10.4 Å². The molecule has 0 fully saturated rings. The molecule has 20 heavy (non-hydrogen) atoms. The number of phenols is 1. The molecule has 0 aliphatic heterocycles. The normalized spacial score (nSPS) is 11.4. The van der Waals surface area contributed by atoms with Crippen LogP contribution in [-0.2, 0) is 0 Å². The van der Waals surface area contributed by atoms with Crippen molar-refractivity contribution in [3.8, 4) is 5.75 Å². The number of nitrogens with one attached hydrogen (secondary N) is 1. The average molecular weight is 268 g/mol. The van der Waals surface area contributed by atoms with Gasteiger partial charge in [0.1, 0.15) is 5.75 Å². The first-order valence-electron chi connectivity index (χ1n) is 6.25. The third-order valence-corrected chi connectivity index (χ3v) is 2.82. The maximum Gasteiger partial charge on any atom is 0.251 e. The fourth-order valence-corrected chi connectivity index (χ4v) is 1.84. The summed E-state index contributed by atoms with van der Waals surface area (Å²) in [7, 11) is 0. The van der Waals surface area contributed by atoms with Gasteiger partial charge in [-0.15, -0.1) is 0 Å². The van der Waals surface area contributed by atoms with Crippen molar-refractivity contribution >= 4 is 16.7 Å². The lowest BCUT2D eigenvalue weighted by Crippen LogP contribution is -2.23. The summed E-state index contributed by atoms with van der Waals surface area (Å²) in [5.41, 5.74) is 5.78. The van der Waals surface area contributed by atoms with E-state index in [1.807, 2.05) is 6.07 Å². The van der Waals surface area contributed by atoms with Gasteiger partial charge < -0.3 is 16.2 Å². The van der Waals surface area contributed by atoms with E-state index in [0.29, 0.717) is 12.1 Å². The van der Waals surface area contributed by atoms with Crippen molar-refractivity contribution in [3.63, 3.8) is 0 Å². The number of aromatic hydroxyl groups is 1. The number of rotatable bonds is 4. The Labute approximate surface area is 117 Å². The Hall–Kier alpha value is -2.75. The molecule has 0 atom stereocenters. The van der Waals surface area contributed by atoms with Gasteiger partial charge in [0.05, 0.1) is 0 Å².